The van der Waals surface area contributed by atoms with Gasteiger partial charge in [-0.15, -0.1) is 0 Å². The van der Waals surface area contributed by atoms with Crippen molar-refractivity contribution in [1.82, 2.24) is 5.32 Å². The molecule has 2 amide bonds. The summed E-state index contributed by atoms with van der Waals surface area (Å²) in [6.45, 7) is 0.428. The fourth-order valence-electron chi connectivity index (χ4n) is 3.71. The Labute approximate surface area is 143 Å². The first-order valence-electron chi connectivity index (χ1n) is 8.93. The predicted molar refractivity (Wildman–Crippen MR) is 93.1 cm³/mol. The van der Waals surface area contributed by atoms with Crippen LogP contribution in [0.15, 0.2) is 24.3 Å². The van der Waals surface area contributed by atoms with Gasteiger partial charge in [-0.1, -0.05) is 37.8 Å². The van der Waals surface area contributed by atoms with Crippen molar-refractivity contribution in [2.24, 2.45) is 5.92 Å². The molecule has 24 heavy (non-hydrogen) atoms. The summed E-state index contributed by atoms with van der Waals surface area (Å²) in [5.41, 5.74) is 0.745. The highest BCUT2D eigenvalue weighted by molar-refractivity contribution is 6.01. The normalized spacial score (nSPS) is 22.3. The standard InChI is InChI=1S/C19H26N2O3/c1-24-17-11-7-6-10-16(17)21-13-14(12-18(21)22)19(23)20-15-8-4-2-3-5-9-15/h6-7,10-11,14-15H,2-5,8-9,12-13H2,1H3,(H,20,23)/t14-/m1/s1. The number of rotatable bonds is 4. The van der Waals surface area contributed by atoms with Crippen molar-refractivity contribution < 1.29 is 14.3 Å². The molecule has 130 valence electrons. The SMILES string of the molecule is COc1ccccc1N1C[C@H](C(=O)NC2CCCCCC2)CC1=O. The number of carbonyl (C=O) groups is 2. The molecule has 0 unspecified atom stereocenters. The van der Waals surface area contributed by atoms with E-state index in [9.17, 15) is 9.59 Å². The molecule has 2 fully saturated rings. The number of hydrogen-bond donors (Lipinski definition) is 1. The largest absolute Gasteiger partial charge is 0.495 e. The van der Waals surface area contributed by atoms with E-state index in [1.54, 1.807) is 12.0 Å². The molecule has 0 bridgehead atoms. The fraction of sp³-hybridized carbons (Fsp3) is 0.579. The van der Waals surface area contributed by atoms with Gasteiger partial charge in [0.05, 0.1) is 18.7 Å². The van der Waals surface area contributed by atoms with E-state index in [2.05, 4.69) is 5.32 Å². The van der Waals surface area contributed by atoms with Gasteiger partial charge in [0.15, 0.2) is 0 Å². The Bertz CT molecular complexity index is 594. The van der Waals surface area contributed by atoms with Crippen molar-refractivity contribution in [2.45, 2.75) is 51.0 Å². The maximum atomic E-state index is 12.6. The average molecular weight is 330 g/mol. The van der Waals surface area contributed by atoms with Crippen LogP contribution in [0.1, 0.15) is 44.9 Å². The van der Waals surface area contributed by atoms with Crippen molar-refractivity contribution in [1.29, 1.82) is 0 Å². The summed E-state index contributed by atoms with van der Waals surface area (Å²) in [4.78, 5) is 26.7. The molecular formula is C19H26N2O3. The van der Waals surface area contributed by atoms with Gasteiger partial charge in [-0.3, -0.25) is 9.59 Å². The molecule has 1 N–H and O–H groups in total. The zero-order valence-corrected chi connectivity index (χ0v) is 14.3. The third-order valence-electron chi connectivity index (χ3n) is 5.07. The third-order valence-corrected chi connectivity index (χ3v) is 5.07. The first kappa shape index (κ1) is 16.8. The number of amides is 2. The van der Waals surface area contributed by atoms with Crippen LogP contribution in [0, 0.1) is 5.92 Å². The van der Waals surface area contributed by atoms with Crippen molar-refractivity contribution >= 4 is 17.5 Å². The lowest BCUT2D eigenvalue weighted by Crippen LogP contribution is -2.39. The summed E-state index contributed by atoms with van der Waals surface area (Å²) in [7, 11) is 1.59. The van der Waals surface area contributed by atoms with E-state index in [0.29, 0.717) is 12.3 Å². The smallest absolute Gasteiger partial charge is 0.227 e. The minimum absolute atomic E-state index is 0.0134. The molecule has 1 aliphatic heterocycles. The van der Waals surface area contributed by atoms with Crippen LogP contribution < -0.4 is 15.0 Å². The molecular weight excluding hydrogens is 304 g/mol. The van der Waals surface area contributed by atoms with Crippen LogP contribution in [-0.4, -0.2) is 31.5 Å². The monoisotopic (exact) mass is 330 g/mol. The highest BCUT2D eigenvalue weighted by Gasteiger charge is 2.36. The summed E-state index contributed by atoms with van der Waals surface area (Å²) in [5, 5.41) is 3.17. The number of carbonyl (C=O) groups excluding carboxylic acids is 2. The lowest BCUT2D eigenvalue weighted by molar-refractivity contribution is -0.127. The topological polar surface area (TPSA) is 58.6 Å². The summed E-state index contributed by atoms with van der Waals surface area (Å²) < 4.78 is 5.34. The van der Waals surface area contributed by atoms with Gasteiger partial charge in [-0.25, -0.2) is 0 Å². The van der Waals surface area contributed by atoms with Gasteiger partial charge in [0.25, 0.3) is 0 Å². The van der Waals surface area contributed by atoms with Crippen LogP contribution in [-0.2, 0) is 9.59 Å². The summed E-state index contributed by atoms with van der Waals surface area (Å²) >= 11 is 0. The van der Waals surface area contributed by atoms with Crippen LogP contribution >= 0.6 is 0 Å². The van der Waals surface area contributed by atoms with E-state index in [1.165, 1.54) is 25.7 Å². The van der Waals surface area contributed by atoms with Gasteiger partial charge in [0.1, 0.15) is 5.75 Å². The number of hydrogen-bond acceptors (Lipinski definition) is 3. The van der Waals surface area contributed by atoms with Gasteiger partial charge in [0, 0.05) is 19.0 Å². The van der Waals surface area contributed by atoms with Crippen molar-refractivity contribution in [3.8, 4) is 5.75 Å². The van der Waals surface area contributed by atoms with Crippen molar-refractivity contribution in [3.63, 3.8) is 0 Å². The lowest BCUT2D eigenvalue weighted by atomic mass is 10.0. The maximum absolute atomic E-state index is 12.6. The summed E-state index contributed by atoms with van der Waals surface area (Å²) in [6, 6.07) is 7.72. The number of para-hydroxylation sites is 2. The second-order valence-electron chi connectivity index (χ2n) is 6.77. The molecule has 5 nitrogen and oxygen atoms in total. The van der Waals surface area contributed by atoms with Crippen LogP contribution in [0.3, 0.4) is 0 Å². The Kier molecular flexibility index (Phi) is 5.38. The third kappa shape index (κ3) is 3.71. The Morgan fingerprint density at radius 3 is 2.58 bits per heavy atom. The van der Waals surface area contributed by atoms with Gasteiger partial charge in [-0.05, 0) is 25.0 Å². The highest BCUT2D eigenvalue weighted by atomic mass is 16.5. The molecule has 0 aromatic heterocycles. The van der Waals surface area contributed by atoms with E-state index in [4.69, 9.17) is 4.74 Å². The van der Waals surface area contributed by atoms with Crippen LogP contribution in [0.25, 0.3) is 0 Å². The molecule has 1 aromatic carbocycles. The van der Waals surface area contributed by atoms with Crippen molar-refractivity contribution in [2.75, 3.05) is 18.6 Å². The second-order valence-corrected chi connectivity index (χ2v) is 6.77. The summed E-state index contributed by atoms with van der Waals surface area (Å²) in [5.74, 6) is 0.398. The van der Waals surface area contributed by atoms with Gasteiger partial charge < -0.3 is 15.0 Å². The number of benzene rings is 1. The Balaban J connectivity index is 1.64. The van der Waals surface area contributed by atoms with Crippen LogP contribution in [0.5, 0.6) is 5.75 Å². The van der Waals surface area contributed by atoms with E-state index in [-0.39, 0.29) is 30.2 Å². The number of ether oxygens (including phenoxy) is 1. The molecule has 1 saturated heterocycles. The molecule has 1 aromatic rings. The molecule has 1 aliphatic carbocycles. The fourth-order valence-corrected chi connectivity index (χ4v) is 3.71. The van der Waals surface area contributed by atoms with E-state index >= 15 is 0 Å². The first-order chi connectivity index (χ1) is 11.7. The second kappa shape index (κ2) is 7.69. The Morgan fingerprint density at radius 2 is 1.88 bits per heavy atom. The van der Waals surface area contributed by atoms with Gasteiger partial charge in [0.2, 0.25) is 11.8 Å². The quantitative estimate of drug-likeness (QED) is 0.864. The minimum atomic E-state index is -0.273. The molecule has 5 heteroatoms. The van der Waals surface area contributed by atoms with Gasteiger partial charge in [-0.2, -0.15) is 0 Å². The minimum Gasteiger partial charge on any atom is -0.495 e. The summed E-state index contributed by atoms with van der Waals surface area (Å²) in [6.07, 6.45) is 7.28. The number of anilines is 1. The Hall–Kier alpha value is -2.04. The highest BCUT2D eigenvalue weighted by Crippen LogP contribution is 2.33. The van der Waals surface area contributed by atoms with Gasteiger partial charge >= 0.3 is 0 Å². The van der Waals surface area contributed by atoms with E-state index in [1.807, 2.05) is 24.3 Å². The zero-order valence-electron chi connectivity index (χ0n) is 14.3. The lowest BCUT2D eigenvalue weighted by Gasteiger charge is -2.21. The molecule has 2 aliphatic rings. The van der Waals surface area contributed by atoms with Crippen LogP contribution in [0.2, 0.25) is 0 Å². The molecule has 0 spiro atoms. The van der Waals surface area contributed by atoms with Crippen molar-refractivity contribution in [3.05, 3.63) is 24.3 Å². The average Bonchev–Trinajstić information content (AvgIpc) is 2.80. The van der Waals surface area contributed by atoms with E-state index in [0.717, 1.165) is 18.5 Å². The molecule has 1 atom stereocenters. The molecule has 1 saturated carbocycles. The number of nitrogens with one attached hydrogen (secondary N) is 1. The number of methoxy groups -OCH3 is 1. The molecule has 3 rings (SSSR count). The number of nitrogens with zero attached hydrogens (tertiary/aromatic N) is 1. The maximum Gasteiger partial charge on any atom is 0.227 e. The zero-order chi connectivity index (χ0) is 16.9. The predicted octanol–water partition coefficient (Wildman–Crippen LogP) is 2.89. The molecule has 0 radical (unpaired) electrons. The molecule has 1 heterocycles. The van der Waals surface area contributed by atoms with E-state index < -0.39 is 0 Å². The first-order valence-corrected chi connectivity index (χ1v) is 8.93. The van der Waals surface area contributed by atoms with Crippen LogP contribution in [0.4, 0.5) is 5.69 Å². The Morgan fingerprint density at radius 1 is 1.17 bits per heavy atom.